The van der Waals surface area contributed by atoms with E-state index in [0.717, 1.165) is 61.1 Å². The van der Waals surface area contributed by atoms with Crippen LogP contribution in [-0.4, -0.2) is 72.5 Å². The van der Waals surface area contributed by atoms with Crippen molar-refractivity contribution in [2.24, 2.45) is 5.10 Å². The lowest BCUT2D eigenvalue weighted by molar-refractivity contribution is -0.134. The first-order valence-corrected chi connectivity index (χ1v) is 11.8. The average molecular weight is 449 g/mol. The molecule has 1 fully saturated rings. The van der Waals surface area contributed by atoms with Crippen LogP contribution < -0.4 is 9.47 Å². The fraction of sp³-hybridized carbons (Fsp3) is 0.462. The number of nitrogens with zero attached hydrogens (tertiary/aromatic N) is 4. The molecule has 1 amide bonds. The van der Waals surface area contributed by atoms with Crippen molar-refractivity contribution in [2.75, 3.05) is 46.1 Å². The monoisotopic (exact) mass is 448 g/mol. The zero-order valence-electron chi connectivity index (χ0n) is 19.7. The molecule has 1 saturated heterocycles. The number of benzene rings is 2. The summed E-state index contributed by atoms with van der Waals surface area (Å²) in [6.07, 6.45) is 0.680. The Morgan fingerprint density at radius 3 is 2.55 bits per heavy atom. The van der Waals surface area contributed by atoms with Crippen LogP contribution in [0.1, 0.15) is 41.6 Å². The molecule has 1 atom stereocenters. The molecule has 3 heterocycles. The van der Waals surface area contributed by atoms with Gasteiger partial charge in [-0.2, -0.15) is 5.10 Å². The van der Waals surface area contributed by atoms with Crippen molar-refractivity contribution in [1.29, 1.82) is 0 Å². The highest BCUT2D eigenvalue weighted by Crippen LogP contribution is 2.39. The smallest absolute Gasteiger partial charge is 0.257 e. The summed E-state index contributed by atoms with van der Waals surface area (Å²) in [6, 6.07) is 12.2. The molecule has 7 nitrogen and oxygen atoms in total. The van der Waals surface area contributed by atoms with Crippen LogP contribution in [0.15, 0.2) is 41.5 Å². The fourth-order valence-electron chi connectivity index (χ4n) is 4.86. The Morgan fingerprint density at radius 1 is 1.00 bits per heavy atom. The lowest BCUT2D eigenvalue weighted by atomic mass is 9.95. The van der Waals surface area contributed by atoms with Gasteiger partial charge in [0, 0.05) is 38.2 Å². The second-order valence-corrected chi connectivity index (χ2v) is 9.15. The molecule has 0 bridgehead atoms. The number of likely N-dealkylation sites (N-methyl/N-ethyl adjacent to an activating group) is 1. The summed E-state index contributed by atoms with van der Waals surface area (Å²) in [6.45, 7) is 11.9. The molecule has 0 aliphatic carbocycles. The lowest BCUT2D eigenvalue weighted by Gasteiger charge is -2.34. The van der Waals surface area contributed by atoms with Crippen molar-refractivity contribution in [3.8, 4) is 11.5 Å². The Kier molecular flexibility index (Phi) is 6.08. The number of carbonyl (C=O) groups excluding carboxylic acids is 1. The van der Waals surface area contributed by atoms with E-state index in [-0.39, 0.29) is 18.7 Å². The van der Waals surface area contributed by atoms with Crippen molar-refractivity contribution in [3.05, 3.63) is 58.7 Å². The topological polar surface area (TPSA) is 57.6 Å². The van der Waals surface area contributed by atoms with Crippen LogP contribution in [0.5, 0.6) is 11.5 Å². The lowest BCUT2D eigenvalue weighted by Crippen LogP contribution is -2.49. The molecule has 0 spiro atoms. The maximum atomic E-state index is 13.5. The molecule has 33 heavy (non-hydrogen) atoms. The first kappa shape index (κ1) is 21.9. The van der Waals surface area contributed by atoms with Crippen LogP contribution in [0, 0.1) is 13.8 Å². The summed E-state index contributed by atoms with van der Waals surface area (Å²) in [7, 11) is 0. The van der Waals surface area contributed by atoms with Crippen molar-refractivity contribution in [3.63, 3.8) is 0 Å². The van der Waals surface area contributed by atoms with Crippen molar-refractivity contribution >= 4 is 11.6 Å². The average Bonchev–Trinajstić information content (AvgIpc) is 3.48. The second kappa shape index (κ2) is 9.15. The van der Waals surface area contributed by atoms with E-state index in [1.807, 2.05) is 18.2 Å². The molecule has 1 unspecified atom stereocenters. The molecule has 2 aromatic carbocycles. The Balaban J connectivity index is 1.42. The highest BCUT2D eigenvalue weighted by molar-refractivity contribution is 6.04. The molecule has 174 valence electrons. The molecule has 3 aliphatic rings. The molecule has 2 aromatic rings. The van der Waals surface area contributed by atoms with E-state index >= 15 is 0 Å². The second-order valence-electron chi connectivity index (χ2n) is 9.15. The molecular formula is C26H32N4O3. The molecule has 5 rings (SSSR count). The third-order valence-electron chi connectivity index (χ3n) is 6.92. The first-order valence-electron chi connectivity index (χ1n) is 11.8. The maximum Gasteiger partial charge on any atom is 0.257 e. The van der Waals surface area contributed by atoms with Gasteiger partial charge in [0.25, 0.3) is 5.91 Å². The van der Waals surface area contributed by atoms with Crippen LogP contribution in [0.2, 0.25) is 0 Å². The van der Waals surface area contributed by atoms with Gasteiger partial charge < -0.3 is 14.4 Å². The number of piperazine rings is 1. The summed E-state index contributed by atoms with van der Waals surface area (Å²) < 4.78 is 11.1. The highest BCUT2D eigenvalue weighted by atomic mass is 16.7. The number of hydrogen-bond acceptors (Lipinski definition) is 6. The number of hydrazone groups is 1. The van der Waals surface area contributed by atoms with Gasteiger partial charge in [-0.1, -0.05) is 30.7 Å². The quantitative estimate of drug-likeness (QED) is 0.702. The first-order chi connectivity index (χ1) is 16.0. The van der Waals surface area contributed by atoms with Crippen LogP contribution in [-0.2, 0) is 4.79 Å². The molecule has 0 radical (unpaired) electrons. The third kappa shape index (κ3) is 4.48. The van der Waals surface area contributed by atoms with Crippen molar-refractivity contribution in [1.82, 2.24) is 14.8 Å². The van der Waals surface area contributed by atoms with Gasteiger partial charge in [-0.15, -0.1) is 0 Å². The number of ether oxygens (including phenoxy) is 2. The predicted molar refractivity (Wildman–Crippen MR) is 128 cm³/mol. The summed E-state index contributed by atoms with van der Waals surface area (Å²) in [5.74, 6) is 1.53. The van der Waals surface area contributed by atoms with Gasteiger partial charge in [0.05, 0.1) is 18.3 Å². The molecule has 0 N–H and O–H groups in total. The van der Waals surface area contributed by atoms with Crippen LogP contribution in [0.4, 0.5) is 0 Å². The largest absolute Gasteiger partial charge is 0.454 e. The van der Waals surface area contributed by atoms with E-state index in [2.05, 4.69) is 48.8 Å². The van der Waals surface area contributed by atoms with Gasteiger partial charge in [0.15, 0.2) is 11.5 Å². The third-order valence-corrected chi connectivity index (χ3v) is 6.92. The number of hydrogen-bond donors (Lipinski definition) is 0. The van der Waals surface area contributed by atoms with Gasteiger partial charge in [0.2, 0.25) is 6.79 Å². The highest BCUT2D eigenvalue weighted by Gasteiger charge is 2.35. The number of fused-ring (bicyclic) bond motifs is 1. The number of amides is 1. The SMILES string of the molecule is CCN1CCN(CC(=O)N2N=C(c3cc(C)ccc3C)CC2c2ccc3c(c2)OCO3)CC1. The molecule has 0 aromatic heterocycles. The van der Waals surface area contributed by atoms with Gasteiger partial charge >= 0.3 is 0 Å². The van der Waals surface area contributed by atoms with Crippen molar-refractivity contribution < 1.29 is 14.3 Å². The number of rotatable bonds is 5. The molecule has 7 heteroatoms. The Hall–Kier alpha value is -2.90. The summed E-state index contributed by atoms with van der Waals surface area (Å²) in [5, 5.41) is 6.61. The van der Waals surface area contributed by atoms with Gasteiger partial charge in [-0.25, -0.2) is 5.01 Å². The summed E-state index contributed by atoms with van der Waals surface area (Å²) in [4.78, 5) is 18.2. The summed E-state index contributed by atoms with van der Waals surface area (Å²) >= 11 is 0. The van der Waals surface area contributed by atoms with Crippen molar-refractivity contribution in [2.45, 2.75) is 33.2 Å². The van der Waals surface area contributed by atoms with E-state index in [0.29, 0.717) is 13.0 Å². The minimum atomic E-state index is -0.154. The molecular weight excluding hydrogens is 416 g/mol. The van der Waals surface area contributed by atoms with Gasteiger partial charge in [0.1, 0.15) is 0 Å². The predicted octanol–water partition coefficient (Wildman–Crippen LogP) is 3.35. The minimum Gasteiger partial charge on any atom is -0.454 e. The standard InChI is InChI=1S/C26H32N4O3/c1-4-28-9-11-29(12-10-28)16-26(31)30-23(20-7-8-24-25(14-20)33-17-32-24)15-22(27-30)21-13-18(2)5-6-19(21)3/h5-8,13-14,23H,4,9-12,15-17H2,1-3H3. The van der Waals surface area contributed by atoms with Crippen LogP contribution >= 0.6 is 0 Å². The zero-order chi connectivity index (χ0) is 22.9. The van der Waals surface area contributed by atoms with Gasteiger partial charge in [-0.05, 0) is 49.7 Å². The fourth-order valence-corrected chi connectivity index (χ4v) is 4.86. The van der Waals surface area contributed by atoms with E-state index < -0.39 is 0 Å². The molecule has 3 aliphatic heterocycles. The zero-order valence-corrected chi connectivity index (χ0v) is 19.7. The van der Waals surface area contributed by atoms with Crippen LogP contribution in [0.3, 0.4) is 0 Å². The van der Waals surface area contributed by atoms with E-state index in [1.165, 1.54) is 11.1 Å². The Labute approximate surface area is 195 Å². The summed E-state index contributed by atoms with van der Waals surface area (Å²) in [5.41, 5.74) is 5.47. The van der Waals surface area contributed by atoms with Crippen LogP contribution in [0.25, 0.3) is 0 Å². The van der Waals surface area contributed by atoms with E-state index in [9.17, 15) is 4.79 Å². The van der Waals surface area contributed by atoms with Gasteiger partial charge in [-0.3, -0.25) is 9.69 Å². The minimum absolute atomic E-state index is 0.0444. The Morgan fingerprint density at radius 2 is 1.76 bits per heavy atom. The van der Waals surface area contributed by atoms with E-state index in [1.54, 1.807) is 5.01 Å². The normalized spacial score (nSPS) is 20.9. The number of aryl methyl sites for hydroxylation is 2. The molecule has 0 saturated carbocycles. The maximum absolute atomic E-state index is 13.5. The van der Waals surface area contributed by atoms with E-state index in [4.69, 9.17) is 14.6 Å². The number of carbonyl (C=O) groups is 1. The Bertz CT molecular complexity index is 1080.